The topological polar surface area (TPSA) is 61.1 Å². The third-order valence-corrected chi connectivity index (χ3v) is 1.92. The smallest absolute Gasteiger partial charge is 0.167 e. The number of aromatic hydroxyl groups is 1. The first-order valence-corrected chi connectivity index (χ1v) is 4.36. The summed E-state index contributed by atoms with van der Waals surface area (Å²) in [6, 6.07) is 8.34. The standard InChI is InChI=1S/C11H11NO2/c1-8(7-12)6-11(14)9-4-2-3-5-10(9)13/h2-5,8,13H,6H2,1H3. The minimum absolute atomic E-state index is 0.0253. The van der Waals surface area contributed by atoms with Gasteiger partial charge in [0.1, 0.15) is 5.75 Å². The number of phenols is 1. The monoisotopic (exact) mass is 189 g/mol. The molecule has 0 radical (unpaired) electrons. The van der Waals surface area contributed by atoms with Gasteiger partial charge in [0.2, 0.25) is 0 Å². The molecule has 1 N–H and O–H groups in total. The highest BCUT2D eigenvalue weighted by Crippen LogP contribution is 2.19. The molecule has 1 aromatic rings. The van der Waals surface area contributed by atoms with Crippen LogP contribution in [0.2, 0.25) is 0 Å². The Kier molecular flexibility index (Phi) is 3.24. The number of para-hydroxylation sites is 1. The summed E-state index contributed by atoms with van der Waals surface area (Å²) >= 11 is 0. The highest BCUT2D eigenvalue weighted by atomic mass is 16.3. The van der Waals surface area contributed by atoms with E-state index in [1.165, 1.54) is 6.07 Å². The van der Waals surface area contributed by atoms with E-state index in [1.54, 1.807) is 25.1 Å². The first-order chi connectivity index (χ1) is 6.65. The van der Waals surface area contributed by atoms with Gasteiger partial charge in [-0.3, -0.25) is 4.79 Å². The maximum atomic E-state index is 11.5. The number of rotatable bonds is 3. The van der Waals surface area contributed by atoms with Crippen LogP contribution in [0.5, 0.6) is 5.75 Å². The number of benzene rings is 1. The lowest BCUT2D eigenvalue weighted by molar-refractivity contribution is 0.0970. The quantitative estimate of drug-likeness (QED) is 0.741. The second-order valence-corrected chi connectivity index (χ2v) is 3.17. The molecule has 0 fully saturated rings. The van der Waals surface area contributed by atoms with Crippen LogP contribution in [0.4, 0.5) is 0 Å². The minimum Gasteiger partial charge on any atom is -0.507 e. The number of hydrogen-bond acceptors (Lipinski definition) is 3. The lowest BCUT2D eigenvalue weighted by Gasteiger charge is -2.03. The lowest BCUT2D eigenvalue weighted by Crippen LogP contribution is -2.04. The van der Waals surface area contributed by atoms with E-state index >= 15 is 0 Å². The van der Waals surface area contributed by atoms with Crippen LogP contribution < -0.4 is 0 Å². The van der Waals surface area contributed by atoms with Crippen molar-refractivity contribution in [3.63, 3.8) is 0 Å². The molecule has 14 heavy (non-hydrogen) atoms. The third-order valence-electron chi connectivity index (χ3n) is 1.92. The molecule has 0 aliphatic rings. The summed E-state index contributed by atoms with van der Waals surface area (Å²) in [5, 5.41) is 17.9. The van der Waals surface area contributed by atoms with Crippen LogP contribution >= 0.6 is 0 Å². The van der Waals surface area contributed by atoms with Crippen molar-refractivity contribution in [1.82, 2.24) is 0 Å². The number of phenolic OH excluding ortho intramolecular Hbond substituents is 1. The Hall–Kier alpha value is -1.82. The van der Waals surface area contributed by atoms with E-state index in [0.29, 0.717) is 0 Å². The number of carbonyl (C=O) groups excluding carboxylic acids is 1. The van der Waals surface area contributed by atoms with Crippen molar-refractivity contribution in [2.24, 2.45) is 5.92 Å². The Labute approximate surface area is 82.6 Å². The van der Waals surface area contributed by atoms with Crippen molar-refractivity contribution >= 4 is 5.78 Å². The summed E-state index contributed by atoms with van der Waals surface area (Å²) < 4.78 is 0. The number of hydrogen-bond donors (Lipinski definition) is 1. The van der Waals surface area contributed by atoms with E-state index in [9.17, 15) is 9.90 Å². The van der Waals surface area contributed by atoms with Crippen molar-refractivity contribution < 1.29 is 9.90 Å². The molecule has 3 nitrogen and oxygen atoms in total. The molecule has 72 valence electrons. The predicted octanol–water partition coefficient (Wildman–Crippen LogP) is 2.12. The Morgan fingerprint density at radius 1 is 1.57 bits per heavy atom. The van der Waals surface area contributed by atoms with Gasteiger partial charge in [-0.2, -0.15) is 5.26 Å². The van der Waals surface area contributed by atoms with Crippen molar-refractivity contribution in [3.8, 4) is 11.8 Å². The van der Waals surface area contributed by atoms with Crippen LogP contribution in [0.15, 0.2) is 24.3 Å². The maximum absolute atomic E-state index is 11.5. The SMILES string of the molecule is CC(C#N)CC(=O)c1ccccc1O. The Balaban J connectivity index is 2.81. The van der Waals surface area contributed by atoms with Crippen molar-refractivity contribution in [3.05, 3.63) is 29.8 Å². The van der Waals surface area contributed by atoms with Gasteiger partial charge in [0.25, 0.3) is 0 Å². The van der Waals surface area contributed by atoms with Crippen LogP contribution in [0.25, 0.3) is 0 Å². The van der Waals surface area contributed by atoms with E-state index in [-0.39, 0.29) is 29.4 Å². The Bertz CT molecular complexity index is 379. The molecule has 0 aromatic heterocycles. The molecule has 0 amide bonds. The van der Waals surface area contributed by atoms with E-state index in [0.717, 1.165) is 0 Å². The largest absolute Gasteiger partial charge is 0.507 e. The van der Waals surface area contributed by atoms with Gasteiger partial charge < -0.3 is 5.11 Å². The van der Waals surface area contributed by atoms with Gasteiger partial charge in [0.15, 0.2) is 5.78 Å². The molecular weight excluding hydrogens is 178 g/mol. The van der Waals surface area contributed by atoms with Crippen LogP contribution in [-0.2, 0) is 0 Å². The zero-order valence-corrected chi connectivity index (χ0v) is 7.90. The molecule has 0 spiro atoms. The molecule has 1 aromatic carbocycles. The second kappa shape index (κ2) is 4.43. The summed E-state index contributed by atoms with van der Waals surface area (Å²) in [4.78, 5) is 11.5. The molecule has 1 rings (SSSR count). The minimum atomic E-state index is -0.317. The molecule has 0 saturated heterocycles. The molecule has 0 heterocycles. The molecule has 1 unspecified atom stereocenters. The van der Waals surface area contributed by atoms with Crippen molar-refractivity contribution in [2.45, 2.75) is 13.3 Å². The molecular formula is C11H11NO2. The first kappa shape index (κ1) is 10.3. The van der Waals surface area contributed by atoms with Crippen LogP contribution in [0.1, 0.15) is 23.7 Å². The molecule has 0 aliphatic carbocycles. The van der Waals surface area contributed by atoms with Crippen LogP contribution in [0.3, 0.4) is 0 Å². The number of nitrogens with zero attached hydrogens (tertiary/aromatic N) is 1. The molecule has 1 atom stereocenters. The Morgan fingerprint density at radius 2 is 2.21 bits per heavy atom. The average molecular weight is 189 g/mol. The van der Waals surface area contributed by atoms with Gasteiger partial charge >= 0.3 is 0 Å². The highest BCUT2D eigenvalue weighted by molar-refractivity contribution is 5.98. The maximum Gasteiger partial charge on any atom is 0.167 e. The van der Waals surface area contributed by atoms with E-state index in [4.69, 9.17) is 5.26 Å². The summed E-state index contributed by atoms with van der Waals surface area (Å²) in [6.45, 7) is 1.68. The molecule has 0 bridgehead atoms. The second-order valence-electron chi connectivity index (χ2n) is 3.17. The van der Waals surface area contributed by atoms with Gasteiger partial charge in [-0.15, -0.1) is 0 Å². The number of nitriles is 1. The van der Waals surface area contributed by atoms with E-state index < -0.39 is 0 Å². The molecule has 0 aliphatic heterocycles. The van der Waals surface area contributed by atoms with Gasteiger partial charge in [-0.05, 0) is 19.1 Å². The van der Waals surface area contributed by atoms with Crippen LogP contribution in [0, 0.1) is 17.2 Å². The Morgan fingerprint density at radius 3 is 2.79 bits per heavy atom. The van der Waals surface area contributed by atoms with E-state index in [2.05, 4.69) is 0 Å². The number of ketones is 1. The van der Waals surface area contributed by atoms with Crippen LogP contribution in [-0.4, -0.2) is 10.9 Å². The fourth-order valence-electron chi connectivity index (χ4n) is 1.14. The predicted molar refractivity (Wildman–Crippen MR) is 51.8 cm³/mol. The average Bonchev–Trinajstić information content (AvgIpc) is 2.18. The summed E-state index contributed by atoms with van der Waals surface area (Å²) in [7, 11) is 0. The summed E-state index contributed by atoms with van der Waals surface area (Å²) in [5.41, 5.74) is 0.287. The van der Waals surface area contributed by atoms with E-state index in [1.807, 2.05) is 6.07 Å². The normalized spacial score (nSPS) is 11.7. The zero-order chi connectivity index (χ0) is 10.6. The van der Waals surface area contributed by atoms with Gasteiger partial charge in [-0.1, -0.05) is 12.1 Å². The number of Topliss-reactive ketones (excluding diaryl/α,β-unsaturated/α-hetero) is 1. The van der Waals surface area contributed by atoms with Gasteiger partial charge in [-0.25, -0.2) is 0 Å². The number of carbonyl (C=O) groups is 1. The summed E-state index contributed by atoms with van der Waals surface area (Å²) in [6.07, 6.45) is 0.147. The van der Waals surface area contributed by atoms with Crippen molar-refractivity contribution in [2.75, 3.05) is 0 Å². The van der Waals surface area contributed by atoms with Gasteiger partial charge in [0.05, 0.1) is 17.6 Å². The highest BCUT2D eigenvalue weighted by Gasteiger charge is 2.13. The summed E-state index contributed by atoms with van der Waals surface area (Å²) in [5.74, 6) is -0.540. The zero-order valence-electron chi connectivity index (χ0n) is 7.90. The van der Waals surface area contributed by atoms with Gasteiger partial charge in [0, 0.05) is 6.42 Å². The first-order valence-electron chi connectivity index (χ1n) is 4.36. The lowest BCUT2D eigenvalue weighted by atomic mass is 10.0. The van der Waals surface area contributed by atoms with Crippen molar-refractivity contribution in [1.29, 1.82) is 5.26 Å². The fraction of sp³-hybridized carbons (Fsp3) is 0.273. The fourth-order valence-corrected chi connectivity index (χ4v) is 1.14. The molecule has 0 saturated carbocycles. The molecule has 3 heteroatoms. The third kappa shape index (κ3) is 2.33.